The van der Waals surface area contributed by atoms with E-state index in [0.717, 1.165) is 29.0 Å². The van der Waals surface area contributed by atoms with E-state index in [0.29, 0.717) is 6.54 Å². The molecule has 4 heteroatoms. The Balaban J connectivity index is 1.95. The molecule has 2 unspecified atom stereocenters. The highest BCUT2D eigenvalue weighted by atomic mass is 16.5. The minimum Gasteiger partial charge on any atom is -0.491 e. The first-order chi connectivity index (χ1) is 12.0. The highest BCUT2D eigenvalue weighted by Gasteiger charge is 2.41. The number of ether oxygens (including phenoxy) is 1. The Morgan fingerprint density at radius 1 is 1.12 bits per heavy atom. The molecule has 132 valence electrons. The molecule has 0 bridgehead atoms. The van der Waals surface area contributed by atoms with Crippen molar-refractivity contribution in [2.45, 2.75) is 45.9 Å². The molecule has 1 heterocycles. The van der Waals surface area contributed by atoms with Crippen LogP contribution in [0, 0.1) is 0 Å². The molecule has 1 amide bonds. The van der Waals surface area contributed by atoms with Gasteiger partial charge in [-0.2, -0.15) is 0 Å². The lowest BCUT2D eigenvalue weighted by Crippen LogP contribution is -2.55. The topological polar surface area (TPSA) is 41.6 Å². The van der Waals surface area contributed by atoms with Crippen LogP contribution in [0.5, 0.6) is 5.75 Å². The largest absolute Gasteiger partial charge is 0.491 e. The maximum absolute atomic E-state index is 12.9. The van der Waals surface area contributed by atoms with Crippen molar-refractivity contribution in [1.82, 2.24) is 4.90 Å². The Bertz CT molecular complexity index is 757. The highest BCUT2D eigenvalue weighted by Crippen LogP contribution is 2.38. The van der Waals surface area contributed by atoms with Crippen molar-refractivity contribution in [3.63, 3.8) is 0 Å². The molecular formula is C21H26N2O2. The second-order valence-corrected chi connectivity index (χ2v) is 6.65. The minimum atomic E-state index is -0.588. The van der Waals surface area contributed by atoms with Gasteiger partial charge in [-0.05, 0) is 57.0 Å². The number of benzene rings is 2. The third kappa shape index (κ3) is 3.09. The molecule has 2 atom stereocenters. The Kier molecular flexibility index (Phi) is 4.71. The fraction of sp³-hybridized carbons (Fsp3) is 0.381. The van der Waals surface area contributed by atoms with Crippen LogP contribution in [0.1, 0.15) is 50.0 Å². The molecule has 25 heavy (non-hydrogen) atoms. The molecule has 2 aromatic rings. The molecule has 4 nitrogen and oxygen atoms in total. The highest BCUT2D eigenvalue weighted by molar-refractivity contribution is 6.02. The third-order valence-electron chi connectivity index (χ3n) is 4.97. The fourth-order valence-corrected chi connectivity index (χ4v) is 3.32. The van der Waals surface area contributed by atoms with Gasteiger partial charge >= 0.3 is 0 Å². The molecule has 0 aliphatic carbocycles. The van der Waals surface area contributed by atoms with Crippen LogP contribution in [0.3, 0.4) is 0 Å². The van der Waals surface area contributed by atoms with Crippen molar-refractivity contribution in [1.29, 1.82) is 0 Å². The number of anilines is 1. The molecule has 1 N–H and O–H groups in total. The molecule has 1 aliphatic heterocycles. The van der Waals surface area contributed by atoms with Gasteiger partial charge in [0.2, 0.25) is 0 Å². The summed E-state index contributed by atoms with van der Waals surface area (Å²) in [5, 5.41) is 3.56. The number of hydrogen-bond donors (Lipinski definition) is 1. The van der Waals surface area contributed by atoms with Crippen molar-refractivity contribution in [3.05, 3.63) is 59.7 Å². The van der Waals surface area contributed by atoms with E-state index in [1.165, 1.54) is 0 Å². The molecule has 0 radical (unpaired) electrons. The number of rotatable bonds is 5. The van der Waals surface area contributed by atoms with Crippen LogP contribution in [0.2, 0.25) is 0 Å². The average molecular weight is 338 g/mol. The number of para-hydroxylation sites is 1. The van der Waals surface area contributed by atoms with Gasteiger partial charge in [0, 0.05) is 12.2 Å². The number of nitrogens with one attached hydrogen (secondary N) is 1. The molecule has 1 aliphatic rings. The molecular weight excluding hydrogens is 312 g/mol. The Morgan fingerprint density at radius 3 is 2.44 bits per heavy atom. The summed E-state index contributed by atoms with van der Waals surface area (Å²) in [7, 11) is 0. The van der Waals surface area contributed by atoms with Gasteiger partial charge in [-0.25, -0.2) is 0 Å². The smallest absolute Gasteiger partial charge is 0.258 e. The predicted octanol–water partition coefficient (Wildman–Crippen LogP) is 4.62. The number of carbonyl (C=O) groups excluding carboxylic acids is 1. The average Bonchev–Trinajstić information content (AvgIpc) is 2.62. The van der Waals surface area contributed by atoms with E-state index in [4.69, 9.17) is 4.74 Å². The number of amides is 1. The van der Waals surface area contributed by atoms with Crippen molar-refractivity contribution in [2.75, 3.05) is 11.9 Å². The molecule has 0 spiro atoms. The first kappa shape index (κ1) is 17.3. The number of nitrogens with zero attached hydrogens (tertiary/aromatic N) is 1. The van der Waals surface area contributed by atoms with Gasteiger partial charge < -0.3 is 15.0 Å². The van der Waals surface area contributed by atoms with Crippen LogP contribution < -0.4 is 10.1 Å². The van der Waals surface area contributed by atoms with Crippen LogP contribution in [0.25, 0.3) is 0 Å². The van der Waals surface area contributed by atoms with Crippen LogP contribution in [-0.4, -0.2) is 23.5 Å². The number of fused-ring (bicyclic) bond motifs is 1. The van der Waals surface area contributed by atoms with E-state index in [9.17, 15) is 4.79 Å². The van der Waals surface area contributed by atoms with E-state index < -0.39 is 5.66 Å². The van der Waals surface area contributed by atoms with E-state index in [1.807, 2.05) is 60.4 Å². The van der Waals surface area contributed by atoms with Gasteiger partial charge in [0.05, 0.1) is 11.7 Å². The first-order valence-corrected chi connectivity index (χ1v) is 8.96. The predicted molar refractivity (Wildman–Crippen MR) is 101 cm³/mol. The zero-order valence-electron chi connectivity index (χ0n) is 15.4. The molecule has 0 fully saturated rings. The fourth-order valence-electron chi connectivity index (χ4n) is 3.32. The molecule has 0 saturated heterocycles. The van der Waals surface area contributed by atoms with Crippen LogP contribution in [0.4, 0.5) is 5.69 Å². The van der Waals surface area contributed by atoms with Gasteiger partial charge in [0.15, 0.2) is 0 Å². The second-order valence-electron chi connectivity index (χ2n) is 6.65. The van der Waals surface area contributed by atoms with Gasteiger partial charge in [-0.1, -0.05) is 31.2 Å². The maximum Gasteiger partial charge on any atom is 0.258 e. The maximum atomic E-state index is 12.9. The van der Waals surface area contributed by atoms with E-state index in [2.05, 4.69) is 26.1 Å². The summed E-state index contributed by atoms with van der Waals surface area (Å²) in [6.07, 6.45) is 1.16. The van der Waals surface area contributed by atoms with Crippen LogP contribution >= 0.6 is 0 Å². The van der Waals surface area contributed by atoms with Crippen molar-refractivity contribution in [3.8, 4) is 5.75 Å². The van der Waals surface area contributed by atoms with E-state index >= 15 is 0 Å². The van der Waals surface area contributed by atoms with E-state index in [1.54, 1.807) is 0 Å². The lowest BCUT2D eigenvalue weighted by Gasteiger charge is -2.46. The quantitative estimate of drug-likeness (QED) is 0.864. The second kappa shape index (κ2) is 6.79. The summed E-state index contributed by atoms with van der Waals surface area (Å²) in [6.45, 7) is 8.85. The van der Waals surface area contributed by atoms with Crippen molar-refractivity contribution in [2.24, 2.45) is 0 Å². The Labute approximate surface area is 149 Å². The SMILES string of the molecule is CCC(C)Oc1ccc(C2(C)Nc3ccccc3C(=O)N2CC)cc1. The normalized spacial score (nSPS) is 20.6. The summed E-state index contributed by atoms with van der Waals surface area (Å²) < 4.78 is 5.87. The van der Waals surface area contributed by atoms with Gasteiger partial charge in [0.1, 0.15) is 11.4 Å². The van der Waals surface area contributed by atoms with Gasteiger partial charge in [-0.15, -0.1) is 0 Å². The minimum absolute atomic E-state index is 0.0549. The first-order valence-electron chi connectivity index (χ1n) is 8.96. The summed E-state index contributed by atoms with van der Waals surface area (Å²) in [4.78, 5) is 14.8. The van der Waals surface area contributed by atoms with Crippen LogP contribution in [-0.2, 0) is 5.66 Å². The van der Waals surface area contributed by atoms with Gasteiger partial charge in [0.25, 0.3) is 5.91 Å². The van der Waals surface area contributed by atoms with E-state index in [-0.39, 0.29) is 12.0 Å². The molecule has 0 aromatic heterocycles. The zero-order valence-corrected chi connectivity index (χ0v) is 15.4. The number of carbonyl (C=O) groups is 1. The van der Waals surface area contributed by atoms with Crippen molar-refractivity contribution >= 4 is 11.6 Å². The standard InChI is InChI=1S/C21H26N2O2/c1-5-15(3)25-17-13-11-16(12-14-17)21(4)22-19-10-8-7-9-18(19)20(24)23(21)6-2/h7-15,22H,5-6H2,1-4H3. The van der Waals surface area contributed by atoms with Gasteiger partial charge in [-0.3, -0.25) is 4.79 Å². The van der Waals surface area contributed by atoms with Crippen LogP contribution in [0.15, 0.2) is 48.5 Å². The summed E-state index contributed by atoms with van der Waals surface area (Å²) in [6, 6.07) is 15.7. The Morgan fingerprint density at radius 2 is 1.80 bits per heavy atom. The molecule has 0 saturated carbocycles. The summed E-state index contributed by atoms with van der Waals surface area (Å²) in [5.41, 5.74) is 2.04. The zero-order chi connectivity index (χ0) is 18.0. The monoisotopic (exact) mass is 338 g/mol. The molecule has 2 aromatic carbocycles. The lowest BCUT2D eigenvalue weighted by molar-refractivity contribution is 0.0553. The Hall–Kier alpha value is -2.49. The molecule has 3 rings (SSSR count). The number of hydrogen-bond acceptors (Lipinski definition) is 3. The summed E-state index contributed by atoms with van der Waals surface area (Å²) in [5.74, 6) is 0.909. The van der Waals surface area contributed by atoms with Crippen molar-refractivity contribution < 1.29 is 9.53 Å². The lowest BCUT2D eigenvalue weighted by atomic mass is 9.93. The third-order valence-corrected chi connectivity index (χ3v) is 4.97. The summed E-state index contributed by atoms with van der Waals surface area (Å²) >= 11 is 0.